The van der Waals surface area contributed by atoms with Gasteiger partial charge in [0.2, 0.25) is 0 Å². The normalized spacial score (nSPS) is 12.0. The van der Waals surface area contributed by atoms with Gasteiger partial charge in [0.25, 0.3) is 0 Å². The average Bonchev–Trinajstić information content (AvgIpc) is 2.78. The van der Waals surface area contributed by atoms with Crippen molar-refractivity contribution in [3.05, 3.63) is 89.8 Å². The summed E-state index contributed by atoms with van der Waals surface area (Å²) in [5.41, 5.74) is 0.839. The molecule has 0 saturated carbocycles. The minimum atomic E-state index is -0.982. The second-order valence-corrected chi connectivity index (χ2v) is 7.18. The van der Waals surface area contributed by atoms with Crippen LogP contribution in [0.2, 0.25) is 0 Å². The van der Waals surface area contributed by atoms with Gasteiger partial charge in [0, 0.05) is 16.5 Å². The molecule has 0 amide bonds. The number of fused-ring (bicyclic) bond motifs is 1. The number of benzene rings is 3. The monoisotopic (exact) mass is 410 g/mol. The highest BCUT2D eigenvalue weighted by molar-refractivity contribution is 5.90. The summed E-state index contributed by atoms with van der Waals surface area (Å²) in [5.74, 6) is -1.69. The van der Waals surface area contributed by atoms with Crippen LogP contribution in [-0.4, -0.2) is 6.61 Å². The fraction of sp³-hybridized carbons (Fsp3) is 0.231. The van der Waals surface area contributed by atoms with Gasteiger partial charge in [0.1, 0.15) is 18.2 Å². The van der Waals surface area contributed by atoms with Crippen LogP contribution in [0.15, 0.2) is 67.3 Å². The number of unbranched alkanes of at least 4 members (excludes halogenated alkanes) is 2. The topological polar surface area (TPSA) is 9.23 Å². The maximum Gasteiger partial charge on any atom is 0.166 e. The molecule has 3 aromatic carbocycles. The first-order valence-electron chi connectivity index (χ1n) is 10.2. The summed E-state index contributed by atoms with van der Waals surface area (Å²) in [5, 5.41) is 0.963. The molecule has 0 aromatic heterocycles. The Bertz CT molecular complexity index is 1050. The highest BCUT2D eigenvalue weighted by Gasteiger charge is 2.14. The number of ether oxygens (including phenoxy) is 1. The molecule has 4 heteroatoms. The predicted octanol–water partition coefficient (Wildman–Crippen LogP) is 8.04. The van der Waals surface area contributed by atoms with Crippen molar-refractivity contribution >= 4 is 22.4 Å². The molecule has 0 radical (unpaired) electrons. The van der Waals surface area contributed by atoms with Gasteiger partial charge >= 0.3 is 0 Å². The van der Waals surface area contributed by atoms with Crippen molar-refractivity contribution in [1.82, 2.24) is 0 Å². The SMILES string of the molecule is C=CCOc1ccc(C(F)=C(F)c2ccc3c(F)c(CCCCC)ccc3c2)cc1. The van der Waals surface area contributed by atoms with E-state index in [2.05, 4.69) is 13.5 Å². The number of halogens is 3. The van der Waals surface area contributed by atoms with Gasteiger partial charge in [-0.2, -0.15) is 0 Å². The van der Waals surface area contributed by atoms with Gasteiger partial charge in [-0.3, -0.25) is 0 Å². The maximum atomic E-state index is 14.8. The summed E-state index contributed by atoms with van der Waals surface area (Å²) in [6.45, 7) is 6.00. The van der Waals surface area contributed by atoms with E-state index in [1.165, 1.54) is 30.3 Å². The minimum absolute atomic E-state index is 0.0742. The third-order valence-corrected chi connectivity index (χ3v) is 5.01. The second-order valence-electron chi connectivity index (χ2n) is 7.18. The fourth-order valence-corrected chi connectivity index (χ4v) is 3.34. The lowest BCUT2D eigenvalue weighted by Gasteiger charge is -2.09. The summed E-state index contributed by atoms with van der Waals surface area (Å²) < 4.78 is 49.6. The highest BCUT2D eigenvalue weighted by atomic mass is 19.2. The molecule has 0 heterocycles. The molecule has 0 spiro atoms. The van der Waals surface area contributed by atoms with Gasteiger partial charge in [-0.05, 0) is 54.1 Å². The summed E-state index contributed by atoms with van der Waals surface area (Å²) in [4.78, 5) is 0. The third-order valence-electron chi connectivity index (χ3n) is 5.01. The molecular formula is C26H25F3O. The van der Waals surface area contributed by atoms with E-state index in [9.17, 15) is 13.2 Å². The Morgan fingerprint density at radius 2 is 1.63 bits per heavy atom. The maximum absolute atomic E-state index is 14.8. The van der Waals surface area contributed by atoms with E-state index >= 15 is 0 Å². The van der Waals surface area contributed by atoms with E-state index in [1.807, 2.05) is 0 Å². The minimum Gasteiger partial charge on any atom is -0.490 e. The third kappa shape index (κ3) is 4.93. The van der Waals surface area contributed by atoms with Crippen molar-refractivity contribution in [2.24, 2.45) is 0 Å². The van der Waals surface area contributed by atoms with Crippen molar-refractivity contribution in [3.63, 3.8) is 0 Å². The Morgan fingerprint density at radius 3 is 2.33 bits per heavy atom. The Kier molecular flexibility index (Phi) is 7.34. The summed E-state index contributed by atoms with van der Waals surface area (Å²) in [7, 11) is 0. The fourth-order valence-electron chi connectivity index (χ4n) is 3.34. The average molecular weight is 410 g/mol. The van der Waals surface area contributed by atoms with Crippen LogP contribution in [-0.2, 0) is 6.42 Å². The molecule has 0 saturated heterocycles. The standard InChI is InChI=1S/C26H25F3O/c1-3-5-6-7-18-8-9-20-17-21(12-15-23(20)24(18)27)26(29)25(28)19-10-13-22(14-11-19)30-16-4-2/h4,8-15,17H,2-3,5-7,16H2,1H3. The molecule has 156 valence electrons. The molecular weight excluding hydrogens is 385 g/mol. The molecule has 0 fully saturated rings. The smallest absolute Gasteiger partial charge is 0.166 e. The van der Waals surface area contributed by atoms with E-state index in [0.717, 1.165) is 19.3 Å². The molecule has 0 atom stereocenters. The van der Waals surface area contributed by atoms with Crippen molar-refractivity contribution in [2.45, 2.75) is 32.6 Å². The van der Waals surface area contributed by atoms with Crippen LogP contribution >= 0.6 is 0 Å². The van der Waals surface area contributed by atoms with Crippen molar-refractivity contribution < 1.29 is 17.9 Å². The number of rotatable bonds is 9. The molecule has 30 heavy (non-hydrogen) atoms. The molecule has 0 N–H and O–H groups in total. The Morgan fingerprint density at radius 1 is 0.933 bits per heavy atom. The van der Waals surface area contributed by atoms with Gasteiger partial charge in [0.15, 0.2) is 11.7 Å². The van der Waals surface area contributed by atoms with E-state index in [-0.39, 0.29) is 16.9 Å². The molecule has 0 aliphatic rings. The summed E-state index contributed by atoms with van der Waals surface area (Å²) in [6.07, 6.45) is 5.32. The van der Waals surface area contributed by atoms with E-state index in [4.69, 9.17) is 4.74 Å². The van der Waals surface area contributed by atoms with Crippen LogP contribution in [0.1, 0.15) is 42.9 Å². The lowest BCUT2D eigenvalue weighted by atomic mass is 9.99. The summed E-state index contributed by atoms with van der Waals surface area (Å²) in [6, 6.07) is 14.0. The van der Waals surface area contributed by atoms with Crippen LogP contribution in [0.4, 0.5) is 13.2 Å². The zero-order valence-corrected chi connectivity index (χ0v) is 17.1. The van der Waals surface area contributed by atoms with Crippen LogP contribution < -0.4 is 4.74 Å². The van der Waals surface area contributed by atoms with Gasteiger partial charge < -0.3 is 4.74 Å². The van der Waals surface area contributed by atoms with Crippen LogP contribution in [0.5, 0.6) is 5.75 Å². The molecule has 3 rings (SSSR count). The molecule has 3 aromatic rings. The van der Waals surface area contributed by atoms with Crippen molar-refractivity contribution in [3.8, 4) is 5.75 Å². The van der Waals surface area contributed by atoms with E-state index in [1.54, 1.807) is 30.3 Å². The van der Waals surface area contributed by atoms with E-state index in [0.29, 0.717) is 35.1 Å². The van der Waals surface area contributed by atoms with Crippen LogP contribution in [0, 0.1) is 5.82 Å². The molecule has 0 bridgehead atoms. The second kappa shape index (κ2) is 10.1. The first kappa shape index (κ1) is 21.7. The van der Waals surface area contributed by atoms with Gasteiger partial charge in [0.05, 0.1) is 0 Å². The number of hydrogen-bond donors (Lipinski definition) is 0. The number of aryl methyl sites for hydroxylation is 1. The predicted molar refractivity (Wildman–Crippen MR) is 118 cm³/mol. The lowest BCUT2D eigenvalue weighted by molar-refractivity contribution is 0.363. The first-order chi connectivity index (χ1) is 14.5. The Labute approximate surface area is 175 Å². The molecule has 1 nitrogen and oxygen atoms in total. The molecule has 0 unspecified atom stereocenters. The summed E-state index contributed by atoms with van der Waals surface area (Å²) >= 11 is 0. The zero-order chi connectivity index (χ0) is 21.5. The van der Waals surface area contributed by atoms with Gasteiger partial charge in [-0.15, -0.1) is 0 Å². The number of hydrogen-bond acceptors (Lipinski definition) is 1. The largest absolute Gasteiger partial charge is 0.490 e. The lowest BCUT2D eigenvalue weighted by Crippen LogP contribution is -1.94. The van der Waals surface area contributed by atoms with Crippen LogP contribution in [0.3, 0.4) is 0 Å². The zero-order valence-electron chi connectivity index (χ0n) is 17.1. The van der Waals surface area contributed by atoms with Crippen LogP contribution in [0.25, 0.3) is 22.4 Å². The Hall–Kier alpha value is -3.01. The van der Waals surface area contributed by atoms with Gasteiger partial charge in [-0.25, -0.2) is 13.2 Å². The molecule has 0 aliphatic heterocycles. The van der Waals surface area contributed by atoms with Gasteiger partial charge in [-0.1, -0.05) is 56.7 Å². The quantitative estimate of drug-likeness (QED) is 0.197. The van der Waals surface area contributed by atoms with Crippen molar-refractivity contribution in [2.75, 3.05) is 6.61 Å². The first-order valence-corrected chi connectivity index (χ1v) is 10.2. The Balaban J connectivity index is 1.87. The highest BCUT2D eigenvalue weighted by Crippen LogP contribution is 2.32. The van der Waals surface area contributed by atoms with Crippen molar-refractivity contribution in [1.29, 1.82) is 0 Å². The molecule has 0 aliphatic carbocycles. The van der Waals surface area contributed by atoms with E-state index < -0.39 is 11.7 Å².